The van der Waals surface area contributed by atoms with E-state index in [1.165, 1.54) is 13.0 Å². The lowest BCUT2D eigenvalue weighted by molar-refractivity contribution is -0.114. The maximum absolute atomic E-state index is 14.1. The smallest absolute Gasteiger partial charge is 0.221 e. The Hall–Kier alpha value is -2.24. The summed E-state index contributed by atoms with van der Waals surface area (Å²) in [6.07, 6.45) is 4.16. The Balaban J connectivity index is 2.03. The minimum Gasteiger partial charge on any atom is -0.326 e. The van der Waals surface area contributed by atoms with Crippen molar-refractivity contribution in [1.29, 1.82) is 0 Å². The first-order valence-corrected chi connectivity index (χ1v) is 7.15. The van der Waals surface area contributed by atoms with Gasteiger partial charge in [-0.1, -0.05) is 6.42 Å². The van der Waals surface area contributed by atoms with Crippen molar-refractivity contribution in [2.45, 2.75) is 39.2 Å². The second-order valence-electron chi connectivity index (χ2n) is 5.28. The summed E-state index contributed by atoms with van der Waals surface area (Å²) in [6, 6.07) is 4.50. The largest absolute Gasteiger partial charge is 0.326 e. The summed E-state index contributed by atoms with van der Waals surface area (Å²) in [7, 11) is 0. The molecule has 2 heterocycles. The van der Waals surface area contributed by atoms with Gasteiger partial charge < -0.3 is 9.88 Å². The van der Waals surface area contributed by atoms with Crippen molar-refractivity contribution in [2.24, 2.45) is 0 Å². The number of carbonyl (C=O) groups is 1. The van der Waals surface area contributed by atoms with E-state index in [1.807, 2.05) is 4.57 Å². The van der Waals surface area contributed by atoms with Crippen LogP contribution in [0.4, 0.5) is 10.1 Å². The fraction of sp³-hybridized carbons (Fsp3) is 0.400. The highest BCUT2D eigenvalue weighted by Gasteiger charge is 2.19. The Morgan fingerprint density at radius 2 is 2.14 bits per heavy atom. The first-order valence-electron chi connectivity index (χ1n) is 7.15. The molecule has 0 bridgehead atoms. The SMILES string of the molecule is CC(=O)Nc1ccc(F)c(-c2nnc3n2CCCCC3)c1. The van der Waals surface area contributed by atoms with Crippen LogP contribution >= 0.6 is 0 Å². The van der Waals surface area contributed by atoms with E-state index in [9.17, 15) is 9.18 Å². The number of rotatable bonds is 2. The third-order valence-electron chi connectivity index (χ3n) is 3.64. The third-order valence-corrected chi connectivity index (χ3v) is 3.64. The van der Waals surface area contributed by atoms with Crippen molar-refractivity contribution < 1.29 is 9.18 Å². The maximum Gasteiger partial charge on any atom is 0.221 e. The van der Waals surface area contributed by atoms with Crippen LogP contribution in [0.15, 0.2) is 18.2 Å². The highest BCUT2D eigenvalue weighted by Crippen LogP contribution is 2.27. The number of fused-ring (bicyclic) bond motifs is 1. The summed E-state index contributed by atoms with van der Waals surface area (Å²) < 4.78 is 16.1. The highest BCUT2D eigenvalue weighted by atomic mass is 19.1. The minimum atomic E-state index is -0.358. The van der Waals surface area contributed by atoms with Gasteiger partial charge in [-0.2, -0.15) is 0 Å². The molecular formula is C15H17FN4O. The molecule has 6 heteroatoms. The number of aromatic nitrogens is 3. The van der Waals surface area contributed by atoms with Gasteiger partial charge in [-0.15, -0.1) is 10.2 Å². The van der Waals surface area contributed by atoms with Gasteiger partial charge in [0.05, 0.1) is 5.56 Å². The van der Waals surface area contributed by atoms with Crippen molar-refractivity contribution in [2.75, 3.05) is 5.32 Å². The normalized spacial score (nSPS) is 14.4. The predicted molar refractivity (Wildman–Crippen MR) is 77.3 cm³/mol. The van der Waals surface area contributed by atoms with Crippen LogP contribution in [-0.4, -0.2) is 20.7 Å². The maximum atomic E-state index is 14.1. The topological polar surface area (TPSA) is 59.8 Å². The van der Waals surface area contributed by atoms with Gasteiger partial charge in [0.15, 0.2) is 5.82 Å². The zero-order chi connectivity index (χ0) is 14.8. The Kier molecular flexibility index (Phi) is 3.68. The molecule has 0 saturated carbocycles. The molecule has 110 valence electrons. The number of carbonyl (C=O) groups excluding carboxylic acids is 1. The van der Waals surface area contributed by atoms with Gasteiger partial charge in [-0.3, -0.25) is 4.79 Å². The summed E-state index contributed by atoms with van der Waals surface area (Å²) in [5.74, 6) is 0.902. The van der Waals surface area contributed by atoms with E-state index < -0.39 is 0 Å². The number of anilines is 1. The van der Waals surface area contributed by atoms with Gasteiger partial charge >= 0.3 is 0 Å². The highest BCUT2D eigenvalue weighted by molar-refractivity contribution is 5.89. The van der Waals surface area contributed by atoms with E-state index in [-0.39, 0.29) is 11.7 Å². The van der Waals surface area contributed by atoms with Crippen molar-refractivity contribution in [1.82, 2.24) is 14.8 Å². The van der Waals surface area contributed by atoms with Crippen LogP contribution in [0.2, 0.25) is 0 Å². The number of nitrogens with one attached hydrogen (secondary N) is 1. The summed E-state index contributed by atoms with van der Waals surface area (Å²) >= 11 is 0. The summed E-state index contributed by atoms with van der Waals surface area (Å²) in [5.41, 5.74) is 0.937. The Morgan fingerprint density at radius 1 is 1.29 bits per heavy atom. The Labute approximate surface area is 122 Å². The number of hydrogen-bond donors (Lipinski definition) is 1. The van der Waals surface area contributed by atoms with Crippen LogP contribution < -0.4 is 5.32 Å². The number of benzene rings is 1. The molecule has 0 radical (unpaired) electrons. The van der Waals surface area contributed by atoms with Crippen LogP contribution in [0.5, 0.6) is 0 Å². The molecular weight excluding hydrogens is 271 g/mol. The fourth-order valence-corrected chi connectivity index (χ4v) is 2.66. The number of aryl methyl sites for hydroxylation is 1. The molecule has 5 nitrogen and oxygen atoms in total. The van der Waals surface area contributed by atoms with Crippen LogP contribution in [0.25, 0.3) is 11.4 Å². The average molecular weight is 288 g/mol. The van der Waals surface area contributed by atoms with Crippen molar-refractivity contribution in [3.05, 3.63) is 29.8 Å². The molecule has 0 unspecified atom stereocenters. The van der Waals surface area contributed by atoms with E-state index in [0.29, 0.717) is 17.1 Å². The second-order valence-corrected chi connectivity index (χ2v) is 5.28. The second kappa shape index (κ2) is 5.63. The van der Waals surface area contributed by atoms with Gasteiger partial charge in [-0.25, -0.2) is 4.39 Å². The van der Waals surface area contributed by atoms with Crippen molar-refractivity contribution in [3.8, 4) is 11.4 Å². The Bertz CT molecular complexity index is 680. The standard InChI is InChI=1S/C15H17FN4O/c1-10(21)17-11-6-7-13(16)12(9-11)15-19-18-14-5-3-2-4-8-20(14)15/h6-7,9H,2-5,8H2,1H3,(H,17,21). The quantitative estimate of drug-likeness (QED) is 0.924. The van der Waals surface area contributed by atoms with Crippen LogP contribution in [0.1, 0.15) is 32.0 Å². The third kappa shape index (κ3) is 2.79. The lowest BCUT2D eigenvalue weighted by Crippen LogP contribution is -2.07. The molecule has 0 fully saturated rings. The van der Waals surface area contributed by atoms with Gasteiger partial charge in [0.1, 0.15) is 11.6 Å². The average Bonchev–Trinajstić information content (AvgIpc) is 2.69. The molecule has 0 atom stereocenters. The van der Waals surface area contributed by atoms with Gasteiger partial charge in [0.2, 0.25) is 5.91 Å². The molecule has 0 aliphatic carbocycles. The number of nitrogens with zero attached hydrogens (tertiary/aromatic N) is 3. The van der Waals surface area contributed by atoms with Crippen molar-refractivity contribution >= 4 is 11.6 Å². The zero-order valence-corrected chi connectivity index (χ0v) is 11.9. The molecule has 1 amide bonds. The van der Waals surface area contributed by atoms with Crippen LogP contribution in [-0.2, 0) is 17.8 Å². The Morgan fingerprint density at radius 3 is 2.95 bits per heavy atom. The van der Waals surface area contributed by atoms with E-state index in [2.05, 4.69) is 15.5 Å². The first-order chi connectivity index (χ1) is 10.1. The summed E-state index contributed by atoms with van der Waals surface area (Å²) in [4.78, 5) is 11.1. The molecule has 1 aromatic heterocycles. The monoisotopic (exact) mass is 288 g/mol. The molecule has 1 aromatic carbocycles. The van der Waals surface area contributed by atoms with E-state index in [0.717, 1.165) is 38.1 Å². The number of amides is 1. The fourth-order valence-electron chi connectivity index (χ4n) is 2.66. The summed E-state index contributed by atoms with van der Waals surface area (Å²) in [6.45, 7) is 2.23. The van der Waals surface area contributed by atoms with Crippen LogP contribution in [0.3, 0.4) is 0 Å². The summed E-state index contributed by atoms with van der Waals surface area (Å²) in [5, 5.41) is 11.0. The molecule has 1 aliphatic rings. The van der Waals surface area contributed by atoms with Gasteiger partial charge in [-0.05, 0) is 31.0 Å². The lowest BCUT2D eigenvalue weighted by Gasteiger charge is -2.09. The van der Waals surface area contributed by atoms with E-state index in [1.54, 1.807) is 12.1 Å². The van der Waals surface area contributed by atoms with Gasteiger partial charge in [0, 0.05) is 25.6 Å². The zero-order valence-electron chi connectivity index (χ0n) is 11.9. The van der Waals surface area contributed by atoms with E-state index >= 15 is 0 Å². The molecule has 21 heavy (non-hydrogen) atoms. The first kappa shape index (κ1) is 13.7. The van der Waals surface area contributed by atoms with E-state index in [4.69, 9.17) is 0 Å². The van der Waals surface area contributed by atoms with Crippen LogP contribution in [0, 0.1) is 5.82 Å². The molecule has 1 aliphatic heterocycles. The number of hydrogen-bond acceptors (Lipinski definition) is 3. The minimum absolute atomic E-state index is 0.187. The number of halogens is 1. The molecule has 0 saturated heterocycles. The predicted octanol–water partition coefficient (Wildman–Crippen LogP) is 2.77. The molecule has 2 aromatic rings. The molecule has 0 spiro atoms. The molecule has 3 rings (SSSR count). The van der Waals surface area contributed by atoms with Gasteiger partial charge in [0.25, 0.3) is 0 Å². The molecule has 1 N–H and O–H groups in total. The van der Waals surface area contributed by atoms with Crippen molar-refractivity contribution in [3.63, 3.8) is 0 Å². The lowest BCUT2D eigenvalue weighted by atomic mass is 10.1.